The van der Waals surface area contributed by atoms with Crippen molar-refractivity contribution in [2.75, 3.05) is 39.0 Å². The predicted molar refractivity (Wildman–Crippen MR) is 81.9 cm³/mol. The Morgan fingerprint density at radius 3 is 2.86 bits per heavy atom. The van der Waals surface area contributed by atoms with Gasteiger partial charge < -0.3 is 9.32 Å². The third-order valence-corrected chi connectivity index (χ3v) is 4.22. The van der Waals surface area contributed by atoms with Gasteiger partial charge in [0.25, 0.3) is 5.22 Å². The molecular weight excluding hydrogens is 288 g/mol. The summed E-state index contributed by atoms with van der Waals surface area (Å²) in [6, 6.07) is 7.59. The Balaban J connectivity index is 1.49. The molecule has 0 bridgehead atoms. The number of carbonyl (C=O) groups is 1. The SMILES string of the molecule is CN1CCN(NC(=O)CSc2nc3ccccc3o2)CC1. The zero-order valence-electron chi connectivity index (χ0n) is 11.9. The van der Waals surface area contributed by atoms with Crippen LogP contribution in [0.15, 0.2) is 33.9 Å². The maximum Gasteiger partial charge on any atom is 0.257 e. The average Bonchev–Trinajstić information content (AvgIpc) is 2.90. The maximum atomic E-state index is 11.9. The molecule has 6 nitrogen and oxygen atoms in total. The Morgan fingerprint density at radius 2 is 2.10 bits per heavy atom. The Bertz CT molecular complexity index is 589. The highest BCUT2D eigenvalue weighted by atomic mass is 32.2. The van der Waals surface area contributed by atoms with Crippen LogP contribution < -0.4 is 5.43 Å². The number of hydrogen-bond donors (Lipinski definition) is 1. The van der Waals surface area contributed by atoms with Gasteiger partial charge in [-0.2, -0.15) is 0 Å². The Labute approximate surface area is 127 Å². The van der Waals surface area contributed by atoms with E-state index in [0.717, 1.165) is 37.3 Å². The second kappa shape index (κ2) is 6.46. The number of aromatic nitrogens is 1. The number of nitrogens with zero attached hydrogens (tertiary/aromatic N) is 3. The normalized spacial score (nSPS) is 17.2. The molecule has 112 valence electrons. The van der Waals surface area contributed by atoms with Gasteiger partial charge in [0, 0.05) is 26.2 Å². The van der Waals surface area contributed by atoms with Crippen LogP contribution in [0.5, 0.6) is 0 Å². The number of hydrogen-bond acceptors (Lipinski definition) is 6. The van der Waals surface area contributed by atoms with E-state index in [2.05, 4.69) is 22.4 Å². The van der Waals surface area contributed by atoms with Gasteiger partial charge in [0.1, 0.15) is 5.52 Å². The minimum atomic E-state index is -0.0215. The van der Waals surface area contributed by atoms with Crippen molar-refractivity contribution in [3.05, 3.63) is 24.3 Å². The molecule has 2 heterocycles. The van der Waals surface area contributed by atoms with Crippen molar-refractivity contribution in [2.24, 2.45) is 0 Å². The molecule has 0 spiro atoms. The van der Waals surface area contributed by atoms with Gasteiger partial charge in [0.15, 0.2) is 5.58 Å². The van der Waals surface area contributed by atoms with E-state index in [-0.39, 0.29) is 5.91 Å². The Hall–Kier alpha value is -1.57. The number of benzene rings is 1. The molecular formula is C14H18N4O2S. The number of fused-ring (bicyclic) bond motifs is 1. The summed E-state index contributed by atoms with van der Waals surface area (Å²) in [5.74, 6) is 0.283. The average molecular weight is 306 g/mol. The summed E-state index contributed by atoms with van der Waals surface area (Å²) in [4.78, 5) is 18.5. The fourth-order valence-corrected chi connectivity index (χ4v) is 2.80. The molecule has 1 amide bonds. The number of likely N-dealkylation sites (N-methyl/N-ethyl adjacent to an activating group) is 1. The van der Waals surface area contributed by atoms with E-state index in [9.17, 15) is 4.79 Å². The number of amides is 1. The van der Waals surface area contributed by atoms with Crippen LogP contribution in [0.4, 0.5) is 0 Å². The van der Waals surface area contributed by atoms with E-state index in [4.69, 9.17) is 4.42 Å². The summed E-state index contributed by atoms with van der Waals surface area (Å²) in [6.07, 6.45) is 0. The van der Waals surface area contributed by atoms with Crippen molar-refractivity contribution in [1.82, 2.24) is 20.3 Å². The highest BCUT2D eigenvalue weighted by Crippen LogP contribution is 2.22. The van der Waals surface area contributed by atoms with Crippen molar-refractivity contribution in [3.63, 3.8) is 0 Å². The quantitative estimate of drug-likeness (QED) is 0.857. The smallest absolute Gasteiger partial charge is 0.257 e. The summed E-state index contributed by atoms with van der Waals surface area (Å²) < 4.78 is 5.57. The zero-order valence-corrected chi connectivity index (χ0v) is 12.7. The van der Waals surface area contributed by atoms with Crippen LogP contribution in [0.25, 0.3) is 11.1 Å². The lowest BCUT2D eigenvalue weighted by Gasteiger charge is -2.32. The van der Waals surface area contributed by atoms with E-state index in [1.165, 1.54) is 11.8 Å². The number of rotatable bonds is 4. The van der Waals surface area contributed by atoms with E-state index in [1.807, 2.05) is 29.3 Å². The van der Waals surface area contributed by atoms with Gasteiger partial charge in [-0.1, -0.05) is 23.9 Å². The highest BCUT2D eigenvalue weighted by Gasteiger charge is 2.16. The van der Waals surface area contributed by atoms with Crippen LogP contribution in [0.3, 0.4) is 0 Å². The van der Waals surface area contributed by atoms with Gasteiger partial charge >= 0.3 is 0 Å². The molecule has 3 rings (SSSR count). The van der Waals surface area contributed by atoms with Crippen LogP contribution in [0.2, 0.25) is 0 Å². The van der Waals surface area contributed by atoms with Crippen LogP contribution in [-0.2, 0) is 4.79 Å². The molecule has 1 aliphatic heterocycles. The zero-order chi connectivity index (χ0) is 14.7. The number of oxazole rings is 1. The summed E-state index contributed by atoms with van der Waals surface area (Å²) >= 11 is 1.32. The first-order valence-electron chi connectivity index (χ1n) is 6.92. The van der Waals surface area contributed by atoms with Crippen molar-refractivity contribution in [3.8, 4) is 0 Å². The van der Waals surface area contributed by atoms with Gasteiger partial charge in [0.05, 0.1) is 5.75 Å². The van der Waals surface area contributed by atoms with Crippen LogP contribution in [-0.4, -0.2) is 59.8 Å². The molecule has 0 unspecified atom stereocenters. The number of hydrazine groups is 1. The molecule has 2 aromatic rings. The molecule has 0 saturated carbocycles. The first-order valence-corrected chi connectivity index (χ1v) is 7.90. The van der Waals surface area contributed by atoms with Crippen LogP contribution in [0, 0.1) is 0 Å². The summed E-state index contributed by atoms with van der Waals surface area (Å²) in [5, 5.41) is 2.50. The van der Waals surface area contributed by atoms with Gasteiger partial charge in [-0.3, -0.25) is 10.2 Å². The molecule has 0 atom stereocenters. The van der Waals surface area contributed by atoms with Crippen molar-refractivity contribution in [2.45, 2.75) is 5.22 Å². The number of thioether (sulfide) groups is 1. The molecule has 1 fully saturated rings. The molecule has 1 aliphatic rings. The van der Waals surface area contributed by atoms with Crippen LogP contribution >= 0.6 is 11.8 Å². The van der Waals surface area contributed by atoms with E-state index in [1.54, 1.807) is 0 Å². The fraction of sp³-hybridized carbons (Fsp3) is 0.429. The van der Waals surface area contributed by atoms with Gasteiger partial charge in [-0.15, -0.1) is 0 Å². The number of nitrogens with one attached hydrogen (secondary N) is 1. The summed E-state index contributed by atoms with van der Waals surface area (Å²) in [6.45, 7) is 3.66. The lowest BCUT2D eigenvalue weighted by Crippen LogP contribution is -2.52. The molecule has 21 heavy (non-hydrogen) atoms. The summed E-state index contributed by atoms with van der Waals surface area (Å²) in [7, 11) is 2.09. The van der Waals surface area contributed by atoms with Gasteiger partial charge in [0.2, 0.25) is 5.91 Å². The van der Waals surface area contributed by atoms with Crippen molar-refractivity contribution < 1.29 is 9.21 Å². The van der Waals surface area contributed by atoms with E-state index < -0.39 is 0 Å². The van der Waals surface area contributed by atoms with Crippen LogP contribution in [0.1, 0.15) is 0 Å². The van der Waals surface area contributed by atoms with E-state index >= 15 is 0 Å². The Kier molecular flexibility index (Phi) is 4.42. The monoisotopic (exact) mass is 306 g/mol. The lowest BCUT2D eigenvalue weighted by molar-refractivity contribution is -0.124. The first kappa shape index (κ1) is 14.4. The van der Waals surface area contributed by atoms with Gasteiger partial charge in [-0.25, -0.2) is 9.99 Å². The van der Waals surface area contributed by atoms with E-state index in [0.29, 0.717) is 11.0 Å². The molecule has 1 saturated heterocycles. The second-order valence-electron chi connectivity index (χ2n) is 5.06. The predicted octanol–water partition coefficient (Wildman–Crippen LogP) is 1.20. The summed E-state index contributed by atoms with van der Waals surface area (Å²) in [5.41, 5.74) is 4.49. The standard InChI is InChI=1S/C14H18N4O2S/c1-17-6-8-18(9-7-17)16-13(19)10-21-14-15-11-4-2-3-5-12(11)20-14/h2-5H,6-10H2,1H3,(H,16,19). The molecule has 1 N–H and O–H groups in total. The third kappa shape index (κ3) is 3.75. The minimum Gasteiger partial charge on any atom is -0.431 e. The van der Waals surface area contributed by atoms with Crippen molar-refractivity contribution >= 4 is 28.8 Å². The lowest BCUT2D eigenvalue weighted by atomic mass is 10.3. The highest BCUT2D eigenvalue weighted by molar-refractivity contribution is 7.99. The topological polar surface area (TPSA) is 61.6 Å². The largest absolute Gasteiger partial charge is 0.431 e. The third-order valence-electron chi connectivity index (χ3n) is 3.39. The second-order valence-corrected chi connectivity index (χ2v) is 5.99. The minimum absolute atomic E-state index is 0.0215. The number of carbonyl (C=O) groups excluding carboxylic acids is 1. The molecule has 0 aliphatic carbocycles. The van der Waals surface area contributed by atoms with Crippen molar-refractivity contribution in [1.29, 1.82) is 0 Å². The Morgan fingerprint density at radius 1 is 1.33 bits per heavy atom. The fourth-order valence-electron chi connectivity index (χ4n) is 2.17. The molecule has 1 aromatic carbocycles. The number of piperazine rings is 1. The number of para-hydroxylation sites is 2. The molecule has 0 radical (unpaired) electrons. The molecule has 7 heteroatoms. The first-order chi connectivity index (χ1) is 10.2. The maximum absolute atomic E-state index is 11.9. The van der Waals surface area contributed by atoms with Gasteiger partial charge in [-0.05, 0) is 19.2 Å². The molecule has 1 aromatic heterocycles.